The first-order valence-corrected chi connectivity index (χ1v) is 4.18. The number of rotatable bonds is 2. The van der Waals surface area contributed by atoms with Crippen molar-refractivity contribution in [1.82, 2.24) is 0 Å². The summed E-state index contributed by atoms with van der Waals surface area (Å²) in [5, 5.41) is 9.84. The Kier molecular flexibility index (Phi) is 5.33. The van der Waals surface area contributed by atoms with Gasteiger partial charge in [-0.1, -0.05) is 23.7 Å². The van der Waals surface area contributed by atoms with E-state index in [4.69, 9.17) is 17.3 Å². The van der Waals surface area contributed by atoms with Gasteiger partial charge in [-0.15, -0.1) is 12.4 Å². The van der Waals surface area contributed by atoms with Crippen molar-refractivity contribution in [3.8, 4) is 0 Å². The minimum absolute atomic E-state index is 0. The van der Waals surface area contributed by atoms with E-state index < -0.39 is 6.10 Å². The zero-order valence-corrected chi connectivity index (χ0v) is 8.85. The number of aliphatic hydroxyl groups is 1. The van der Waals surface area contributed by atoms with Gasteiger partial charge in [0.2, 0.25) is 0 Å². The number of halogens is 2. The molecule has 0 bridgehead atoms. The van der Waals surface area contributed by atoms with Crippen LogP contribution in [0, 0.1) is 0 Å². The topological polar surface area (TPSA) is 46.2 Å². The summed E-state index contributed by atoms with van der Waals surface area (Å²) in [7, 11) is 0. The summed E-state index contributed by atoms with van der Waals surface area (Å²) in [5.41, 5.74) is 6.56. The maximum atomic E-state index is 9.20. The SMILES string of the molecule is C[C@H](O)[C@H](N)c1cccc(Cl)c1.Cl. The lowest BCUT2D eigenvalue weighted by Crippen LogP contribution is -2.22. The van der Waals surface area contributed by atoms with Crippen LogP contribution in [0.3, 0.4) is 0 Å². The molecule has 13 heavy (non-hydrogen) atoms. The van der Waals surface area contributed by atoms with E-state index in [9.17, 15) is 5.11 Å². The normalized spacial score (nSPS) is 14.5. The van der Waals surface area contributed by atoms with Crippen molar-refractivity contribution >= 4 is 24.0 Å². The highest BCUT2D eigenvalue weighted by Crippen LogP contribution is 2.18. The molecule has 3 N–H and O–H groups in total. The van der Waals surface area contributed by atoms with Crippen LogP contribution in [0.4, 0.5) is 0 Å². The molecule has 1 aromatic carbocycles. The van der Waals surface area contributed by atoms with Crippen molar-refractivity contribution in [1.29, 1.82) is 0 Å². The molecule has 0 aliphatic rings. The number of benzene rings is 1. The van der Waals surface area contributed by atoms with E-state index in [0.29, 0.717) is 5.02 Å². The van der Waals surface area contributed by atoms with Crippen LogP contribution in [0.2, 0.25) is 5.02 Å². The third-order valence-electron chi connectivity index (χ3n) is 1.75. The van der Waals surface area contributed by atoms with Gasteiger partial charge in [0.15, 0.2) is 0 Å². The van der Waals surface area contributed by atoms with Gasteiger partial charge in [-0.3, -0.25) is 0 Å². The van der Waals surface area contributed by atoms with Crippen LogP contribution in [0.15, 0.2) is 24.3 Å². The maximum Gasteiger partial charge on any atom is 0.0704 e. The fraction of sp³-hybridized carbons (Fsp3) is 0.333. The lowest BCUT2D eigenvalue weighted by molar-refractivity contribution is 0.164. The first kappa shape index (κ1) is 12.7. The Hall–Kier alpha value is -0.280. The Morgan fingerprint density at radius 1 is 1.46 bits per heavy atom. The van der Waals surface area contributed by atoms with E-state index in [2.05, 4.69) is 0 Å². The molecule has 0 aliphatic heterocycles. The van der Waals surface area contributed by atoms with Crippen LogP contribution in [0.5, 0.6) is 0 Å². The molecular weight excluding hydrogens is 209 g/mol. The Morgan fingerprint density at radius 2 is 2.08 bits per heavy atom. The van der Waals surface area contributed by atoms with Gasteiger partial charge in [-0.2, -0.15) is 0 Å². The highest BCUT2D eigenvalue weighted by atomic mass is 35.5. The molecule has 2 nitrogen and oxygen atoms in total. The van der Waals surface area contributed by atoms with Crippen LogP contribution in [0.1, 0.15) is 18.5 Å². The molecule has 4 heteroatoms. The van der Waals surface area contributed by atoms with Crippen LogP contribution in [-0.4, -0.2) is 11.2 Å². The Morgan fingerprint density at radius 3 is 2.54 bits per heavy atom. The molecule has 0 amide bonds. The summed E-state index contributed by atoms with van der Waals surface area (Å²) in [6.07, 6.45) is -0.552. The van der Waals surface area contributed by atoms with Gasteiger partial charge in [-0.25, -0.2) is 0 Å². The quantitative estimate of drug-likeness (QED) is 0.805. The first-order chi connectivity index (χ1) is 5.61. The molecule has 0 spiro atoms. The molecule has 0 aromatic heterocycles. The largest absolute Gasteiger partial charge is 0.391 e. The van der Waals surface area contributed by atoms with E-state index in [1.165, 1.54) is 0 Å². The number of aliphatic hydroxyl groups excluding tert-OH is 1. The zero-order chi connectivity index (χ0) is 9.14. The second-order valence-electron chi connectivity index (χ2n) is 2.82. The number of nitrogens with two attached hydrogens (primary N) is 1. The van der Waals surface area contributed by atoms with Gasteiger partial charge < -0.3 is 10.8 Å². The zero-order valence-electron chi connectivity index (χ0n) is 7.27. The maximum absolute atomic E-state index is 9.20. The van der Waals surface area contributed by atoms with Crippen molar-refractivity contribution in [2.75, 3.05) is 0 Å². The summed E-state index contributed by atoms with van der Waals surface area (Å²) in [6, 6.07) is 6.85. The van der Waals surface area contributed by atoms with Gasteiger partial charge in [0.05, 0.1) is 12.1 Å². The van der Waals surface area contributed by atoms with Crippen molar-refractivity contribution in [2.45, 2.75) is 19.1 Å². The van der Waals surface area contributed by atoms with E-state index in [1.807, 2.05) is 12.1 Å². The summed E-state index contributed by atoms with van der Waals surface area (Å²) in [6.45, 7) is 1.66. The van der Waals surface area contributed by atoms with Crippen molar-refractivity contribution < 1.29 is 5.11 Å². The van der Waals surface area contributed by atoms with Crippen LogP contribution >= 0.6 is 24.0 Å². The van der Waals surface area contributed by atoms with E-state index >= 15 is 0 Å². The summed E-state index contributed by atoms with van der Waals surface area (Å²) in [5.74, 6) is 0. The van der Waals surface area contributed by atoms with E-state index in [0.717, 1.165) is 5.56 Å². The molecule has 0 saturated heterocycles. The summed E-state index contributed by atoms with van der Waals surface area (Å²) in [4.78, 5) is 0. The molecule has 0 unspecified atom stereocenters. The van der Waals surface area contributed by atoms with Crippen LogP contribution in [-0.2, 0) is 0 Å². The van der Waals surface area contributed by atoms with Crippen molar-refractivity contribution in [3.63, 3.8) is 0 Å². The van der Waals surface area contributed by atoms with Crippen LogP contribution in [0.25, 0.3) is 0 Å². The highest BCUT2D eigenvalue weighted by molar-refractivity contribution is 6.30. The lowest BCUT2D eigenvalue weighted by atomic mass is 10.0. The second-order valence-corrected chi connectivity index (χ2v) is 3.26. The lowest BCUT2D eigenvalue weighted by Gasteiger charge is -2.14. The predicted molar refractivity (Wildman–Crippen MR) is 57.3 cm³/mol. The van der Waals surface area contributed by atoms with Gasteiger partial charge in [0, 0.05) is 5.02 Å². The summed E-state index contributed by atoms with van der Waals surface area (Å²) < 4.78 is 0. The molecule has 0 radical (unpaired) electrons. The molecule has 0 aliphatic carbocycles. The van der Waals surface area contributed by atoms with Gasteiger partial charge in [0.1, 0.15) is 0 Å². The molecule has 0 fully saturated rings. The van der Waals surface area contributed by atoms with Gasteiger partial charge in [0.25, 0.3) is 0 Å². The second kappa shape index (κ2) is 5.45. The standard InChI is InChI=1S/C9H12ClNO.ClH/c1-6(12)9(11)7-3-2-4-8(10)5-7;/h2-6,9,12H,11H2,1H3;1H/t6-,9-;/m0./s1. The van der Waals surface area contributed by atoms with Crippen molar-refractivity contribution in [3.05, 3.63) is 34.9 Å². The third kappa shape index (κ3) is 3.53. The first-order valence-electron chi connectivity index (χ1n) is 3.80. The molecule has 0 saturated carbocycles. The fourth-order valence-electron chi connectivity index (χ4n) is 0.992. The van der Waals surface area contributed by atoms with E-state index in [1.54, 1.807) is 19.1 Å². The third-order valence-corrected chi connectivity index (χ3v) is 1.99. The molecular formula is C9H13Cl2NO. The molecule has 0 heterocycles. The summed E-state index contributed by atoms with van der Waals surface area (Å²) >= 11 is 5.76. The molecule has 1 aromatic rings. The Labute approximate surface area is 89.1 Å². The molecule has 1 rings (SSSR count). The Bertz CT molecular complexity index is 266. The Balaban J connectivity index is 0.00000144. The average molecular weight is 222 g/mol. The van der Waals surface area contributed by atoms with Gasteiger partial charge >= 0.3 is 0 Å². The molecule has 2 atom stereocenters. The van der Waals surface area contributed by atoms with E-state index in [-0.39, 0.29) is 18.4 Å². The minimum atomic E-state index is -0.552. The monoisotopic (exact) mass is 221 g/mol. The predicted octanol–water partition coefficient (Wildman–Crippen LogP) is 2.14. The smallest absolute Gasteiger partial charge is 0.0704 e. The highest BCUT2D eigenvalue weighted by Gasteiger charge is 2.11. The van der Waals surface area contributed by atoms with Gasteiger partial charge in [-0.05, 0) is 24.6 Å². The average Bonchev–Trinajstić information content (AvgIpc) is 2.03. The number of hydrogen-bond acceptors (Lipinski definition) is 2. The minimum Gasteiger partial charge on any atom is -0.391 e. The molecule has 74 valence electrons. The van der Waals surface area contributed by atoms with Crippen LogP contribution < -0.4 is 5.73 Å². The number of hydrogen-bond donors (Lipinski definition) is 2. The van der Waals surface area contributed by atoms with Crippen molar-refractivity contribution in [2.24, 2.45) is 5.73 Å². The fourth-order valence-corrected chi connectivity index (χ4v) is 1.19.